The molecular weight excluding hydrogens is 312 g/mol. The molecule has 0 bridgehead atoms. The van der Waals surface area contributed by atoms with Crippen LogP contribution in [0.25, 0.3) is 0 Å². The molecule has 0 atom stereocenters. The van der Waals surface area contributed by atoms with Crippen LogP contribution in [0.15, 0.2) is 66.7 Å². The summed E-state index contributed by atoms with van der Waals surface area (Å²) in [6, 6.07) is 20.2. The molecule has 4 rings (SSSR count). The molecule has 3 N–H and O–H groups in total. The number of nitrogens with one attached hydrogen (secondary N) is 1. The lowest BCUT2D eigenvalue weighted by Gasteiger charge is -2.21. The summed E-state index contributed by atoms with van der Waals surface area (Å²) in [7, 11) is 0. The Hall–Kier alpha value is -3.40. The molecule has 0 aliphatic heterocycles. The van der Waals surface area contributed by atoms with Crippen LogP contribution in [-0.2, 0) is 6.54 Å². The number of fused-ring (bicyclic) bond motifs is 2. The first-order chi connectivity index (χ1) is 12.2. The molecule has 0 radical (unpaired) electrons. The number of nitrogen functional groups attached to an aromatic ring is 1. The van der Waals surface area contributed by atoms with Gasteiger partial charge in [-0.05, 0) is 17.7 Å². The molecule has 0 spiro atoms. The molecule has 0 amide bonds. The number of rotatable bonds is 3. The number of hydrogen-bond donors (Lipinski definition) is 2. The quantitative estimate of drug-likeness (QED) is 0.563. The number of carbonyl (C=O) groups excluding carboxylic acids is 2. The molecule has 3 aromatic carbocycles. The minimum Gasteiger partial charge on any atom is -0.398 e. The minimum atomic E-state index is -0.203. The molecule has 25 heavy (non-hydrogen) atoms. The first kappa shape index (κ1) is 15.1. The van der Waals surface area contributed by atoms with E-state index in [4.69, 9.17) is 5.73 Å². The van der Waals surface area contributed by atoms with Gasteiger partial charge in [-0.25, -0.2) is 0 Å². The Kier molecular flexibility index (Phi) is 3.58. The van der Waals surface area contributed by atoms with E-state index in [1.54, 1.807) is 30.3 Å². The van der Waals surface area contributed by atoms with E-state index in [0.717, 1.165) is 5.56 Å². The van der Waals surface area contributed by atoms with Crippen LogP contribution in [0.4, 0.5) is 11.4 Å². The lowest BCUT2D eigenvalue weighted by Crippen LogP contribution is -2.23. The van der Waals surface area contributed by atoms with Crippen molar-refractivity contribution in [2.24, 2.45) is 0 Å². The van der Waals surface area contributed by atoms with E-state index in [9.17, 15) is 9.59 Å². The summed E-state index contributed by atoms with van der Waals surface area (Å²) in [5.41, 5.74) is 9.52. The molecule has 0 heterocycles. The van der Waals surface area contributed by atoms with Gasteiger partial charge in [0.05, 0.1) is 11.1 Å². The zero-order valence-electron chi connectivity index (χ0n) is 13.5. The number of anilines is 2. The average molecular weight is 328 g/mol. The van der Waals surface area contributed by atoms with E-state index < -0.39 is 0 Å². The summed E-state index contributed by atoms with van der Waals surface area (Å²) in [5.74, 6) is -0.376. The normalized spacial score (nSPS) is 12.5. The minimum absolute atomic E-state index is 0.173. The zero-order valence-corrected chi connectivity index (χ0v) is 13.5. The van der Waals surface area contributed by atoms with E-state index in [1.807, 2.05) is 36.4 Å². The van der Waals surface area contributed by atoms with Crippen LogP contribution in [0.5, 0.6) is 0 Å². The third-order valence-electron chi connectivity index (χ3n) is 4.43. The van der Waals surface area contributed by atoms with Crippen molar-refractivity contribution in [1.82, 2.24) is 0 Å². The van der Waals surface area contributed by atoms with Crippen molar-refractivity contribution in [3.63, 3.8) is 0 Å². The largest absolute Gasteiger partial charge is 0.398 e. The maximum absolute atomic E-state index is 13.0. The van der Waals surface area contributed by atoms with Crippen LogP contribution in [0.2, 0.25) is 0 Å². The first-order valence-electron chi connectivity index (χ1n) is 8.05. The van der Waals surface area contributed by atoms with Crippen molar-refractivity contribution >= 4 is 22.9 Å². The van der Waals surface area contributed by atoms with Gasteiger partial charge in [0.2, 0.25) is 0 Å². The van der Waals surface area contributed by atoms with Crippen LogP contribution in [0, 0.1) is 0 Å². The lowest BCUT2D eigenvalue weighted by molar-refractivity contribution is 0.0980. The maximum atomic E-state index is 13.0. The summed E-state index contributed by atoms with van der Waals surface area (Å²) in [6.07, 6.45) is 0. The molecule has 0 saturated heterocycles. The second-order valence-electron chi connectivity index (χ2n) is 6.00. The fraction of sp³-hybridized carbons (Fsp3) is 0.0476. The zero-order chi connectivity index (χ0) is 17.4. The Morgan fingerprint density at radius 3 is 2.12 bits per heavy atom. The number of hydrogen-bond acceptors (Lipinski definition) is 4. The van der Waals surface area contributed by atoms with E-state index in [1.165, 1.54) is 0 Å². The summed E-state index contributed by atoms with van der Waals surface area (Å²) in [5, 5.41) is 3.28. The smallest absolute Gasteiger partial charge is 0.196 e. The van der Waals surface area contributed by atoms with Crippen LogP contribution in [-0.4, -0.2) is 11.6 Å². The third kappa shape index (κ3) is 2.48. The standard InChI is InChI=1S/C21H16N2O2/c22-16-10-4-8-14-18(16)20(24)15-9-5-11-17(19(15)21(14)25)23-12-13-6-2-1-3-7-13/h1-11,23H,12,22H2. The van der Waals surface area contributed by atoms with E-state index in [2.05, 4.69) is 5.32 Å². The fourth-order valence-corrected chi connectivity index (χ4v) is 3.21. The molecular formula is C21H16N2O2. The SMILES string of the molecule is Nc1cccc2c1C(=O)c1cccc(NCc3ccccc3)c1C2=O. The van der Waals surface area contributed by atoms with Crippen LogP contribution in [0.3, 0.4) is 0 Å². The first-order valence-corrected chi connectivity index (χ1v) is 8.05. The summed E-state index contributed by atoms with van der Waals surface area (Å²) < 4.78 is 0. The summed E-state index contributed by atoms with van der Waals surface area (Å²) in [4.78, 5) is 25.8. The molecule has 122 valence electrons. The Balaban J connectivity index is 1.76. The van der Waals surface area contributed by atoms with Crippen molar-refractivity contribution in [2.45, 2.75) is 6.54 Å². The van der Waals surface area contributed by atoms with E-state index in [0.29, 0.717) is 40.2 Å². The molecule has 3 aromatic rings. The molecule has 0 saturated carbocycles. The van der Waals surface area contributed by atoms with Crippen LogP contribution in [0.1, 0.15) is 37.4 Å². The number of ketones is 2. The Morgan fingerprint density at radius 1 is 0.720 bits per heavy atom. The van der Waals surface area contributed by atoms with Gasteiger partial charge in [0.1, 0.15) is 0 Å². The van der Waals surface area contributed by atoms with Gasteiger partial charge in [-0.3, -0.25) is 9.59 Å². The second-order valence-corrected chi connectivity index (χ2v) is 6.00. The number of benzene rings is 3. The molecule has 4 nitrogen and oxygen atoms in total. The van der Waals surface area contributed by atoms with Gasteiger partial charge in [0, 0.05) is 29.0 Å². The van der Waals surface area contributed by atoms with Gasteiger partial charge in [-0.2, -0.15) is 0 Å². The van der Waals surface area contributed by atoms with Gasteiger partial charge in [-0.15, -0.1) is 0 Å². The predicted octanol–water partition coefficient (Wildman–Crippen LogP) is 3.66. The monoisotopic (exact) mass is 328 g/mol. The molecule has 4 heteroatoms. The summed E-state index contributed by atoms with van der Waals surface area (Å²) in [6.45, 7) is 0.572. The van der Waals surface area contributed by atoms with Crippen LogP contribution < -0.4 is 11.1 Å². The number of carbonyl (C=O) groups is 2. The van der Waals surface area contributed by atoms with Crippen molar-refractivity contribution in [1.29, 1.82) is 0 Å². The molecule has 1 aliphatic carbocycles. The highest BCUT2D eigenvalue weighted by atomic mass is 16.1. The van der Waals surface area contributed by atoms with Gasteiger partial charge in [0.25, 0.3) is 0 Å². The van der Waals surface area contributed by atoms with Gasteiger partial charge >= 0.3 is 0 Å². The lowest BCUT2D eigenvalue weighted by atomic mass is 9.82. The van der Waals surface area contributed by atoms with E-state index in [-0.39, 0.29) is 11.6 Å². The topological polar surface area (TPSA) is 72.2 Å². The van der Waals surface area contributed by atoms with Gasteiger partial charge in [0.15, 0.2) is 11.6 Å². The van der Waals surface area contributed by atoms with Crippen molar-refractivity contribution < 1.29 is 9.59 Å². The highest BCUT2D eigenvalue weighted by Crippen LogP contribution is 2.34. The maximum Gasteiger partial charge on any atom is 0.196 e. The van der Waals surface area contributed by atoms with Crippen molar-refractivity contribution in [2.75, 3.05) is 11.1 Å². The van der Waals surface area contributed by atoms with Gasteiger partial charge < -0.3 is 11.1 Å². The number of nitrogens with two attached hydrogens (primary N) is 1. The fourth-order valence-electron chi connectivity index (χ4n) is 3.21. The Bertz CT molecular complexity index is 994. The Labute approximate surface area is 145 Å². The van der Waals surface area contributed by atoms with Crippen molar-refractivity contribution in [3.05, 3.63) is 94.5 Å². The Morgan fingerprint density at radius 2 is 1.36 bits per heavy atom. The average Bonchev–Trinajstić information content (AvgIpc) is 2.65. The summed E-state index contributed by atoms with van der Waals surface area (Å²) >= 11 is 0. The molecule has 0 aromatic heterocycles. The van der Waals surface area contributed by atoms with E-state index >= 15 is 0 Å². The highest BCUT2D eigenvalue weighted by molar-refractivity contribution is 6.31. The molecule has 1 aliphatic rings. The highest BCUT2D eigenvalue weighted by Gasteiger charge is 2.32. The molecule has 0 unspecified atom stereocenters. The third-order valence-corrected chi connectivity index (χ3v) is 4.43. The predicted molar refractivity (Wildman–Crippen MR) is 97.9 cm³/mol. The van der Waals surface area contributed by atoms with Crippen molar-refractivity contribution in [3.8, 4) is 0 Å². The molecule has 0 fully saturated rings. The second kappa shape index (κ2) is 5.91. The van der Waals surface area contributed by atoms with Crippen LogP contribution >= 0.6 is 0 Å². The van der Waals surface area contributed by atoms with Gasteiger partial charge in [-0.1, -0.05) is 54.6 Å².